The zero-order valence-corrected chi connectivity index (χ0v) is 6.68. The molecule has 49 valence electrons. The molecule has 1 N–H and O–H groups in total. The number of aromatic nitrogens is 1. The van der Waals surface area contributed by atoms with Gasteiger partial charge in [0.05, 0.1) is 0 Å². The maximum Gasteiger partial charge on any atom is 0.182 e. The molecular formula is C5H7N2S2. The molecule has 0 amide bonds. The first-order chi connectivity index (χ1) is 4.33. The Morgan fingerprint density at radius 3 is 3.11 bits per heavy atom. The van der Waals surface area contributed by atoms with Gasteiger partial charge in [0.1, 0.15) is 5.82 Å². The number of anilines is 1. The summed E-state index contributed by atoms with van der Waals surface area (Å²) in [5, 5.41) is 4.98. The van der Waals surface area contributed by atoms with E-state index < -0.39 is 0 Å². The summed E-state index contributed by atoms with van der Waals surface area (Å²) in [5.74, 6) is 0.896. The Kier molecular flexibility index (Phi) is 2.24. The monoisotopic (exact) mass is 159 g/mol. The Balaban J connectivity index is 2.61. The predicted molar refractivity (Wildman–Crippen MR) is 42.1 cm³/mol. The Morgan fingerprint density at radius 2 is 2.67 bits per heavy atom. The van der Waals surface area contributed by atoms with Crippen LogP contribution >= 0.6 is 24.0 Å². The Morgan fingerprint density at radius 1 is 1.89 bits per heavy atom. The highest BCUT2D eigenvalue weighted by atomic mass is 32.2. The lowest BCUT2D eigenvalue weighted by Gasteiger charge is -1.92. The summed E-state index contributed by atoms with van der Waals surface area (Å²) >= 11 is 6.30. The second-order valence-corrected chi connectivity index (χ2v) is 3.03. The van der Waals surface area contributed by atoms with Crippen LogP contribution in [0, 0.1) is 0 Å². The smallest absolute Gasteiger partial charge is 0.182 e. The van der Waals surface area contributed by atoms with Crippen LogP contribution in [-0.2, 0) is 0 Å². The van der Waals surface area contributed by atoms with E-state index in [1.54, 1.807) is 0 Å². The van der Waals surface area contributed by atoms with Crippen molar-refractivity contribution >= 4 is 29.8 Å². The summed E-state index contributed by atoms with van der Waals surface area (Å²) < 4.78 is 0.700. The molecular weight excluding hydrogens is 152 g/mol. The van der Waals surface area contributed by atoms with Crippen LogP contribution in [0.1, 0.15) is 6.92 Å². The Bertz CT molecular complexity index is 185. The average molecular weight is 159 g/mol. The molecule has 1 radical (unpaired) electrons. The highest BCUT2D eigenvalue weighted by Gasteiger charge is 1.94. The van der Waals surface area contributed by atoms with Crippen LogP contribution in [0.5, 0.6) is 0 Å². The molecule has 1 rings (SSSR count). The van der Waals surface area contributed by atoms with Crippen molar-refractivity contribution in [3.63, 3.8) is 0 Å². The molecule has 0 saturated heterocycles. The zero-order chi connectivity index (χ0) is 6.69. The number of hydrogen-bond donors (Lipinski definition) is 1. The highest BCUT2D eigenvalue weighted by molar-refractivity contribution is 7.82. The van der Waals surface area contributed by atoms with Crippen LogP contribution in [0.15, 0.2) is 9.72 Å². The fourth-order valence-corrected chi connectivity index (χ4v) is 1.26. The average Bonchev–Trinajstić information content (AvgIpc) is 2.17. The lowest BCUT2D eigenvalue weighted by Crippen LogP contribution is -1.95. The predicted octanol–water partition coefficient (Wildman–Crippen LogP) is 2.13. The van der Waals surface area contributed by atoms with Crippen molar-refractivity contribution in [1.29, 1.82) is 0 Å². The maximum absolute atomic E-state index is 4.81. The normalized spacial score (nSPS) is 9.44. The van der Waals surface area contributed by atoms with Crippen LogP contribution in [0.3, 0.4) is 0 Å². The summed E-state index contributed by atoms with van der Waals surface area (Å²) in [6.07, 6.45) is 0. The summed E-state index contributed by atoms with van der Waals surface area (Å²) in [6.45, 7) is 2.93. The number of nitrogens with one attached hydrogen (secondary N) is 1. The van der Waals surface area contributed by atoms with E-state index in [2.05, 4.69) is 10.3 Å². The highest BCUT2D eigenvalue weighted by Crippen LogP contribution is 2.16. The molecule has 0 bridgehead atoms. The van der Waals surface area contributed by atoms with Crippen molar-refractivity contribution in [2.45, 2.75) is 11.3 Å². The SMILES string of the molecule is CCNc1csc([S])n1. The fourth-order valence-electron chi connectivity index (χ4n) is 0.520. The van der Waals surface area contributed by atoms with E-state index in [1.807, 2.05) is 12.3 Å². The van der Waals surface area contributed by atoms with Gasteiger partial charge in [0, 0.05) is 11.9 Å². The van der Waals surface area contributed by atoms with E-state index >= 15 is 0 Å². The quantitative estimate of drug-likeness (QED) is 0.715. The van der Waals surface area contributed by atoms with Crippen molar-refractivity contribution < 1.29 is 0 Å². The molecule has 1 aromatic rings. The summed E-state index contributed by atoms with van der Waals surface area (Å²) in [7, 11) is 0. The van der Waals surface area contributed by atoms with Gasteiger partial charge < -0.3 is 5.32 Å². The third-order valence-corrected chi connectivity index (χ3v) is 1.86. The van der Waals surface area contributed by atoms with Gasteiger partial charge in [-0.2, -0.15) is 0 Å². The lowest BCUT2D eigenvalue weighted by atomic mass is 10.7. The summed E-state index contributed by atoms with van der Waals surface area (Å²) in [6, 6.07) is 0. The van der Waals surface area contributed by atoms with Crippen LogP contribution < -0.4 is 5.32 Å². The first kappa shape index (κ1) is 6.77. The van der Waals surface area contributed by atoms with Gasteiger partial charge in [0.15, 0.2) is 4.34 Å². The van der Waals surface area contributed by atoms with Gasteiger partial charge in [0.25, 0.3) is 0 Å². The molecule has 0 aromatic carbocycles. The van der Waals surface area contributed by atoms with Crippen LogP contribution in [-0.4, -0.2) is 11.5 Å². The minimum atomic E-state index is 0.700. The fraction of sp³-hybridized carbons (Fsp3) is 0.400. The maximum atomic E-state index is 4.81. The van der Waals surface area contributed by atoms with Crippen LogP contribution in [0.2, 0.25) is 0 Å². The summed E-state index contributed by atoms with van der Waals surface area (Å²) in [5.41, 5.74) is 0. The van der Waals surface area contributed by atoms with Gasteiger partial charge in [-0.3, -0.25) is 0 Å². The first-order valence-electron chi connectivity index (χ1n) is 2.69. The summed E-state index contributed by atoms with van der Waals surface area (Å²) in [4.78, 5) is 4.02. The molecule has 2 nitrogen and oxygen atoms in total. The molecule has 9 heavy (non-hydrogen) atoms. The van der Waals surface area contributed by atoms with E-state index in [9.17, 15) is 0 Å². The molecule has 0 saturated carbocycles. The van der Waals surface area contributed by atoms with Gasteiger partial charge in [-0.05, 0) is 19.6 Å². The number of thiazole rings is 1. The van der Waals surface area contributed by atoms with E-state index in [4.69, 9.17) is 12.6 Å². The second-order valence-electron chi connectivity index (χ2n) is 1.53. The minimum Gasteiger partial charge on any atom is -0.370 e. The van der Waals surface area contributed by atoms with E-state index in [-0.39, 0.29) is 0 Å². The second kappa shape index (κ2) is 2.98. The van der Waals surface area contributed by atoms with E-state index in [0.29, 0.717) is 4.34 Å². The standard InChI is InChI=1S/C5H7N2S2/c1-2-6-4-3-9-5(8)7-4/h3,6H,2H2,1H3. The lowest BCUT2D eigenvalue weighted by molar-refractivity contribution is 1.15. The van der Waals surface area contributed by atoms with Crippen molar-refractivity contribution in [3.05, 3.63) is 5.38 Å². The molecule has 0 aliphatic heterocycles. The minimum absolute atomic E-state index is 0.700. The first-order valence-corrected chi connectivity index (χ1v) is 3.98. The molecule has 0 unspecified atom stereocenters. The third kappa shape index (κ3) is 1.80. The molecule has 1 heterocycles. The number of hydrogen-bond acceptors (Lipinski definition) is 3. The molecule has 1 aromatic heterocycles. The van der Waals surface area contributed by atoms with Crippen molar-refractivity contribution in [2.75, 3.05) is 11.9 Å². The third-order valence-electron chi connectivity index (χ3n) is 0.841. The van der Waals surface area contributed by atoms with Gasteiger partial charge in [0.2, 0.25) is 0 Å². The van der Waals surface area contributed by atoms with Gasteiger partial charge in [-0.15, -0.1) is 11.3 Å². The Labute approximate surface area is 63.7 Å². The molecule has 0 spiro atoms. The van der Waals surface area contributed by atoms with E-state index in [0.717, 1.165) is 12.4 Å². The zero-order valence-electron chi connectivity index (χ0n) is 5.05. The molecule has 0 fully saturated rings. The van der Waals surface area contributed by atoms with Crippen LogP contribution in [0.25, 0.3) is 0 Å². The Hall–Kier alpha value is -0.350. The topological polar surface area (TPSA) is 24.9 Å². The van der Waals surface area contributed by atoms with E-state index in [1.165, 1.54) is 11.3 Å². The van der Waals surface area contributed by atoms with Crippen LogP contribution in [0.4, 0.5) is 5.82 Å². The molecule has 4 heteroatoms. The van der Waals surface area contributed by atoms with Gasteiger partial charge in [-0.1, -0.05) is 0 Å². The molecule has 0 aliphatic rings. The number of rotatable bonds is 2. The molecule has 0 atom stereocenters. The van der Waals surface area contributed by atoms with Crippen molar-refractivity contribution in [1.82, 2.24) is 4.98 Å². The molecule has 0 aliphatic carbocycles. The van der Waals surface area contributed by atoms with Gasteiger partial charge >= 0.3 is 0 Å². The van der Waals surface area contributed by atoms with Crippen molar-refractivity contribution in [3.8, 4) is 0 Å². The van der Waals surface area contributed by atoms with Crippen molar-refractivity contribution in [2.24, 2.45) is 0 Å². The van der Waals surface area contributed by atoms with Gasteiger partial charge in [-0.25, -0.2) is 4.98 Å². The number of nitrogens with zero attached hydrogens (tertiary/aromatic N) is 1. The largest absolute Gasteiger partial charge is 0.370 e.